The first kappa shape index (κ1) is 21.4. The maximum absolute atomic E-state index is 11.8. The third kappa shape index (κ3) is 13.1. The lowest BCUT2D eigenvalue weighted by Crippen LogP contribution is -2.33. The highest BCUT2D eigenvalue weighted by atomic mass is 16.2. The van der Waals surface area contributed by atoms with Crippen molar-refractivity contribution in [2.45, 2.75) is 91.4 Å². The van der Waals surface area contributed by atoms with E-state index in [4.69, 9.17) is 0 Å². The smallest absolute Gasteiger partial charge is 0.223 e. The molecule has 0 aliphatic heterocycles. The van der Waals surface area contributed by atoms with Crippen LogP contribution in [0.4, 0.5) is 0 Å². The van der Waals surface area contributed by atoms with Crippen LogP contribution in [-0.2, 0) is 4.79 Å². The highest BCUT2D eigenvalue weighted by Gasteiger charge is 2.07. The molecule has 0 rings (SSSR count). The van der Waals surface area contributed by atoms with Gasteiger partial charge in [0.1, 0.15) is 0 Å². The summed E-state index contributed by atoms with van der Waals surface area (Å²) in [7, 11) is 0. The van der Waals surface area contributed by atoms with E-state index in [1.54, 1.807) is 0 Å². The molecule has 0 aromatic carbocycles. The number of hydrogen-bond acceptors (Lipinski definition) is 2. The van der Waals surface area contributed by atoms with Gasteiger partial charge in [-0.3, -0.25) is 4.79 Å². The SMILES string of the molecule is CCCCCCCCCCCCNCCC(=O)N(CC)CC. The molecule has 0 spiro atoms. The molecule has 0 radical (unpaired) electrons. The molecule has 22 heavy (non-hydrogen) atoms. The van der Waals surface area contributed by atoms with Crippen molar-refractivity contribution in [3.05, 3.63) is 0 Å². The van der Waals surface area contributed by atoms with Gasteiger partial charge in [0.15, 0.2) is 0 Å². The van der Waals surface area contributed by atoms with E-state index >= 15 is 0 Å². The molecule has 0 fully saturated rings. The van der Waals surface area contributed by atoms with E-state index < -0.39 is 0 Å². The number of amides is 1. The van der Waals surface area contributed by atoms with E-state index in [9.17, 15) is 4.79 Å². The number of unbranched alkanes of at least 4 members (excludes halogenated alkanes) is 9. The topological polar surface area (TPSA) is 32.3 Å². The lowest BCUT2D eigenvalue weighted by atomic mass is 10.1. The first-order valence-electron chi connectivity index (χ1n) is 9.74. The molecule has 1 amide bonds. The summed E-state index contributed by atoms with van der Waals surface area (Å²) in [4.78, 5) is 13.7. The molecule has 0 saturated heterocycles. The summed E-state index contributed by atoms with van der Waals surface area (Å²) in [5.74, 6) is 0.278. The summed E-state index contributed by atoms with van der Waals surface area (Å²) < 4.78 is 0. The van der Waals surface area contributed by atoms with Crippen molar-refractivity contribution >= 4 is 5.91 Å². The predicted molar refractivity (Wildman–Crippen MR) is 97.3 cm³/mol. The average molecular weight is 313 g/mol. The summed E-state index contributed by atoms with van der Waals surface area (Å²) in [6.07, 6.45) is 14.4. The minimum atomic E-state index is 0.278. The van der Waals surface area contributed by atoms with Crippen molar-refractivity contribution < 1.29 is 4.79 Å². The van der Waals surface area contributed by atoms with Gasteiger partial charge in [0.2, 0.25) is 5.91 Å². The van der Waals surface area contributed by atoms with Gasteiger partial charge >= 0.3 is 0 Å². The van der Waals surface area contributed by atoms with Crippen molar-refractivity contribution in [3.8, 4) is 0 Å². The summed E-state index contributed by atoms with van der Waals surface area (Å²) >= 11 is 0. The third-order valence-corrected chi connectivity index (χ3v) is 4.34. The van der Waals surface area contributed by atoms with Gasteiger partial charge < -0.3 is 10.2 Å². The van der Waals surface area contributed by atoms with Crippen molar-refractivity contribution in [3.63, 3.8) is 0 Å². The Labute approximate surface area is 139 Å². The van der Waals surface area contributed by atoms with Crippen molar-refractivity contribution in [1.82, 2.24) is 10.2 Å². The normalized spacial score (nSPS) is 10.9. The van der Waals surface area contributed by atoms with Gasteiger partial charge in [-0.05, 0) is 26.8 Å². The largest absolute Gasteiger partial charge is 0.343 e. The molecule has 0 aliphatic carbocycles. The molecule has 3 nitrogen and oxygen atoms in total. The third-order valence-electron chi connectivity index (χ3n) is 4.34. The highest BCUT2D eigenvalue weighted by Crippen LogP contribution is 2.10. The predicted octanol–water partition coefficient (Wildman–Crippen LogP) is 4.76. The zero-order valence-corrected chi connectivity index (χ0v) is 15.5. The Kier molecular flexibility index (Phi) is 16.4. The molecule has 1 N–H and O–H groups in total. The number of rotatable bonds is 16. The molecular weight excluding hydrogens is 272 g/mol. The molecule has 132 valence electrons. The van der Waals surface area contributed by atoms with Crippen LogP contribution in [-0.4, -0.2) is 37.0 Å². The monoisotopic (exact) mass is 312 g/mol. The van der Waals surface area contributed by atoms with Gasteiger partial charge in [0.25, 0.3) is 0 Å². The molecule has 0 aromatic heterocycles. The number of carbonyl (C=O) groups excluding carboxylic acids is 1. The number of nitrogens with zero attached hydrogens (tertiary/aromatic N) is 1. The van der Waals surface area contributed by atoms with Crippen LogP contribution in [0.5, 0.6) is 0 Å². The van der Waals surface area contributed by atoms with Crippen LogP contribution in [0.25, 0.3) is 0 Å². The fourth-order valence-corrected chi connectivity index (χ4v) is 2.79. The fourth-order valence-electron chi connectivity index (χ4n) is 2.79. The van der Waals surface area contributed by atoms with Crippen LogP contribution in [0.15, 0.2) is 0 Å². The van der Waals surface area contributed by atoms with Crippen LogP contribution in [0, 0.1) is 0 Å². The van der Waals surface area contributed by atoms with Gasteiger partial charge in [0.05, 0.1) is 0 Å². The Hall–Kier alpha value is -0.570. The average Bonchev–Trinajstić information content (AvgIpc) is 2.53. The molecule has 0 aliphatic rings. The van der Waals surface area contributed by atoms with Crippen LogP contribution >= 0.6 is 0 Å². The molecule has 0 atom stereocenters. The minimum Gasteiger partial charge on any atom is -0.343 e. The maximum atomic E-state index is 11.8. The molecular formula is C19H40N2O. The second kappa shape index (κ2) is 16.8. The van der Waals surface area contributed by atoms with Gasteiger partial charge in [-0.25, -0.2) is 0 Å². The summed E-state index contributed by atoms with van der Waals surface area (Å²) in [5, 5.41) is 3.40. The minimum absolute atomic E-state index is 0.278. The molecule has 0 aromatic rings. The van der Waals surface area contributed by atoms with Crippen LogP contribution in [0.1, 0.15) is 91.4 Å². The van der Waals surface area contributed by atoms with E-state index in [1.807, 2.05) is 18.7 Å². The zero-order chi connectivity index (χ0) is 16.5. The van der Waals surface area contributed by atoms with Crippen molar-refractivity contribution in [2.75, 3.05) is 26.2 Å². The van der Waals surface area contributed by atoms with Crippen molar-refractivity contribution in [1.29, 1.82) is 0 Å². The fraction of sp³-hybridized carbons (Fsp3) is 0.947. The second-order valence-corrected chi connectivity index (χ2v) is 6.25. The first-order chi connectivity index (χ1) is 10.8. The summed E-state index contributed by atoms with van der Waals surface area (Å²) in [5.41, 5.74) is 0. The Morgan fingerprint density at radius 1 is 0.727 bits per heavy atom. The lowest BCUT2D eigenvalue weighted by molar-refractivity contribution is -0.130. The molecule has 3 heteroatoms. The molecule has 0 heterocycles. The van der Waals surface area contributed by atoms with E-state index in [0.717, 1.165) is 26.2 Å². The zero-order valence-electron chi connectivity index (χ0n) is 15.5. The van der Waals surface area contributed by atoms with E-state index in [1.165, 1.54) is 64.2 Å². The standard InChI is InChI=1S/C19H40N2O/c1-4-7-8-9-10-11-12-13-14-15-17-20-18-16-19(22)21(5-2)6-3/h20H,4-18H2,1-3H3. The number of carbonyl (C=O) groups is 1. The van der Waals surface area contributed by atoms with Gasteiger partial charge in [-0.1, -0.05) is 64.7 Å². The number of hydrogen-bond donors (Lipinski definition) is 1. The Morgan fingerprint density at radius 3 is 1.73 bits per heavy atom. The Morgan fingerprint density at radius 2 is 1.23 bits per heavy atom. The van der Waals surface area contributed by atoms with Gasteiger partial charge in [-0.2, -0.15) is 0 Å². The van der Waals surface area contributed by atoms with Gasteiger partial charge in [0, 0.05) is 26.1 Å². The molecule has 0 saturated carbocycles. The molecule has 0 unspecified atom stereocenters. The lowest BCUT2D eigenvalue weighted by Gasteiger charge is -2.18. The summed E-state index contributed by atoms with van der Waals surface area (Å²) in [6, 6.07) is 0. The maximum Gasteiger partial charge on any atom is 0.223 e. The second-order valence-electron chi connectivity index (χ2n) is 6.25. The Balaban J connectivity index is 3.19. The van der Waals surface area contributed by atoms with Crippen LogP contribution in [0.2, 0.25) is 0 Å². The summed E-state index contributed by atoms with van der Waals surface area (Å²) in [6.45, 7) is 9.89. The number of nitrogens with one attached hydrogen (secondary N) is 1. The van der Waals surface area contributed by atoms with Gasteiger partial charge in [-0.15, -0.1) is 0 Å². The van der Waals surface area contributed by atoms with E-state index in [-0.39, 0.29) is 5.91 Å². The highest BCUT2D eigenvalue weighted by molar-refractivity contribution is 5.76. The quantitative estimate of drug-likeness (QED) is 0.417. The van der Waals surface area contributed by atoms with Crippen LogP contribution < -0.4 is 5.32 Å². The Bertz CT molecular complexity index is 240. The van der Waals surface area contributed by atoms with Crippen LogP contribution in [0.3, 0.4) is 0 Å². The van der Waals surface area contributed by atoms with Crippen molar-refractivity contribution in [2.24, 2.45) is 0 Å². The van der Waals surface area contributed by atoms with E-state index in [2.05, 4.69) is 12.2 Å². The molecule has 0 bridgehead atoms. The first-order valence-corrected chi connectivity index (χ1v) is 9.74. The van der Waals surface area contributed by atoms with E-state index in [0.29, 0.717) is 6.42 Å².